The van der Waals surface area contributed by atoms with E-state index in [-0.39, 0.29) is 11.6 Å². The molecule has 1 saturated heterocycles. The van der Waals surface area contributed by atoms with E-state index in [0.29, 0.717) is 20.7 Å². The van der Waals surface area contributed by atoms with Gasteiger partial charge in [0.2, 0.25) is 0 Å². The molecular weight excluding hydrogens is 292 g/mol. The zero-order valence-electron chi connectivity index (χ0n) is 11.6. The highest BCUT2D eigenvalue weighted by atomic mass is 32.1. The van der Waals surface area contributed by atoms with Gasteiger partial charge in [-0.2, -0.15) is 0 Å². The van der Waals surface area contributed by atoms with Crippen LogP contribution >= 0.6 is 11.3 Å². The maximum absolute atomic E-state index is 12.7. The lowest BCUT2D eigenvalue weighted by Gasteiger charge is -2.23. The number of aromatic amines is 1. The second-order valence-corrected chi connectivity index (χ2v) is 6.23. The number of aryl methyl sites for hydroxylation is 1. The van der Waals surface area contributed by atoms with Crippen LogP contribution in [-0.4, -0.2) is 28.5 Å². The van der Waals surface area contributed by atoms with E-state index in [0.717, 1.165) is 37.3 Å². The van der Waals surface area contributed by atoms with Gasteiger partial charge in [-0.3, -0.25) is 19.1 Å². The predicted molar refractivity (Wildman–Crippen MR) is 81.1 cm³/mol. The second kappa shape index (κ2) is 5.12. The summed E-state index contributed by atoms with van der Waals surface area (Å²) in [6.45, 7) is 3.25. The lowest BCUT2D eigenvalue weighted by molar-refractivity contribution is 0.100. The Morgan fingerprint density at radius 2 is 2.00 bits per heavy atom. The van der Waals surface area contributed by atoms with E-state index >= 15 is 0 Å². The van der Waals surface area contributed by atoms with E-state index in [4.69, 9.17) is 5.73 Å². The molecule has 0 spiro atoms. The summed E-state index contributed by atoms with van der Waals surface area (Å²) in [4.78, 5) is 39.7. The summed E-state index contributed by atoms with van der Waals surface area (Å²) >= 11 is 1.06. The lowest BCUT2D eigenvalue weighted by atomic mass is 10.1. The average molecular weight is 308 g/mol. The fourth-order valence-corrected chi connectivity index (χ4v) is 3.90. The number of hydrogen-bond donors (Lipinski definition) is 3. The smallest absolute Gasteiger partial charge is 0.329 e. The van der Waals surface area contributed by atoms with Crippen molar-refractivity contribution in [2.24, 2.45) is 5.73 Å². The van der Waals surface area contributed by atoms with E-state index in [1.54, 1.807) is 6.92 Å². The molecule has 0 aromatic carbocycles. The number of amides is 1. The number of nitrogens with zero attached hydrogens (tertiary/aromatic N) is 1. The van der Waals surface area contributed by atoms with Crippen molar-refractivity contribution >= 4 is 27.5 Å². The van der Waals surface area contributed by atoms with E-state index in [1.807, 2.05) is 0 Å². The molecule has 0 aliphatic carbocycles. The SMILES string of the molecule is Cc1c(C(N)=O)sc2[nH]c(=O)n(C3CCNCC3)c(=O)c12. The molecule has 21 heavy (non-hydrogen) atoms. The molecule has 0 radical (unpaired) electrons. The number of H-pyrrole nitrogens is 1. The van der Waals surface area contributed by atoms with Crippen molar-refractivity contribution in [2.75, 3.05) is 13.1 Å². The molecule has 0 atom stereocenters. The van der Waals surface area contributed by atoms with Crippen LogP contribution in [0.4, 0.5) is 0 Å². The van der Waals surface area contributed by atoms with Crippen LogP contribution in [0.25, 0.3) is 10.2 Å². The van der Waals surface area contributed by atoms with Crippen molar-refractivity contribution in [1.82, 2.24) is 14.9 Å². The number of primary amides is 1. The molecule has 8 heteroatoms. The number of fused-ring (bicyclic) bond motifs is 1. The Bertz CT molecular complexity index is 826. The van der Waals surface area contributed by atoms with Crippen molar-refractivity contribution in [2.45, 2.75) is 25.8 Å². The molecule has 0 unspecified atom stereocenters. The van der Waals surface area contributed by atoms with Crippen LogP contribution in [0.3, 0.4) is 0 Å². The number of aromatic nitrogens is 2. The number of carbonyl (C=O) groups excluding carboxylic acids is 1. The third kappa shape index (κ3) is 2.20. The number of nitrogens with two attached hydrogens (primary N) is 1. The highest BCUT2D eigenvalue weighted by Crippen LogP contribution is 2.26. The van der Waals surface area contributed by atoms with Crippen molar-refractivity contribution in [3.8, 4) is 0 Å². The number of nitrogens with one attached hydrogen (secondary N) is 2. The third-order valence-corrected chi connectivity index (χ3v) is 5.14. The molecule has 3 heterocycles. The van der Waals surface area contributed by atoms with Crippen LogP contribution < -0.4 is 22.3 Å². The summed E-state index contributed by atoms with van der Waals surface area (Å²) in [6.07, 6.45) is 1.47. The van der Waals surface area contributed by atoms with E-state index in [9.17, 15) is 14.4 Å². The van der Waals surface area contributed by atoms with E-state index < -0.39 is 11.6 Å². The highest BCUT2D eigenvalue weighted by Gasteiger charge is 2.23. The quantitative estimate of drug-likeness (QED) is 0.730. The summed E-state index contributed by atoms with van der Waals surface area (Å²) in [7, 11) is 0. The van der Waals surface area contributed by atoms with Crippen LogP contribution in [0.1, 0.15) is 34.1 Å². The van der Waals surface area contributed by atoms with Crippen LogP contribution in [0.5, 0.6) is 0 Å². The summed E-state index contributed by atoms with van der Waals surface area (Å²) in [5.41, 5.74) is 5.11. The zero-order chi connectivity index (χ0) is 15.1. The summed E-state index contributed by atoms with van der Waals surface area (Å²) < 4.78 is 1.29. The third-order valence-electron chi connectivity index (χ3n) is 3.92. The fourth-order valence-electron chi connectivity index (χ4n) is 2.86. The van der Waals surface area contributed by atoms with E-state index in [1.165, 1.54) is 4.57 Å². The van der Waals surface area contributed by atoms with Gasteiger partial charge in [0.25, 0.3) is 11.5 Å². The maximum atomic E-state index is 12.7. The summed E-state index contributed by atoms with van der Waals surface area (Å²) in [6, 6.07) is -0.108. The number of rotatable bonds is 2. The van der Waals surface area contributed by atoms with Crippen LogP contribution in [0.2, 0.25) is 0 Å². The van der Waals surface area contributed by atoms with Crippen molar-refractivity contribution in [1.29, 1.82) is 0 Å². The van der Waals surface area contributed by atoms with Gasteiger partial charge >= 0.3 is 5.69 Å². The molecule has 2 aromatic heterocycles. The van der Waals surface area contributed by atoms with E-state index in [2.05, 4.69) is 10.3 Å². The second-order valence-electron chi connectivity index (χ2n) is 5.21. The highest BCUT2D eigenvalue weighted by molar-refractivity contribution is 7.20. The normalized spacial score (nSPS) is 16.4. The van der Waals surface area contributed by atoms with Gasteiger partial charge in [0.1, 0.15) is 4.83 Å². The summed E-state index contributed by atoms with van der Waals surface area (Å²) in [5, 5.41) is 3.60. The number of piperidine rings is 1. The van der Waals surface area contributed by atoms with Gasteiger partial charge in [-0.1, -0.05) is 0 Å². The Morgan fingerprint density at radius 1 is 1.33 bits per heavy atom. The van der Waals surface area contributed by atoms with Crippen molar-refractivity contribution in [3.05, 3.63) is 31.3 Å². The number of thiophene rings is 1. The Morgan fingerprint density at radius 3 is 2.62 bits per heavy atom. The van der Waals surface area contributed by atoms with Gasteiger partial charge in [0.05, 0.1) is 10.3 Å². The molecule has 7 nitrogen and oxygen atoms in total. The van der Waals surface area contributed by atoms with Gasteiger partial charge in [0, 0.05) is 6.04 Å². The standard InChI is InChI=1S/C13H16N4O3S/c1-6-8-11(21-9(6)10(14)18)16-13(20)17(12(8)19)7-2-4-15-5-3-7/h7,15H,2-5H2,1H3,(H2,14,18)(H,16,20). The Balaban J connectivity index is 2.27. The molecule has 1 amide bonds. The van der Waals surface area contributed by atoms with Crippen molar-refractivity contribution < 1.29 is 4.79 Å². The predicted octanol–water partition coefficient (Wildman–Crippen LogP) is 0.0831. The van der Waals surface area contributed by atoms with Gasteiger partial charge in [-0.05, 0) is 38.4 Å². The first-order valence-corrected chi connectivity index (χ1v) is 7.60. The Labute approximate surface area is 123 Å². The molecule has 1 aliphatic heterocycles. The van der Waals surface area contributed by atoms with Gasteiger partial charge in [-0.25, -0.2) is 4.79 Å². The lowest BCUT2D eigenvalue weighted by Crippen LogP contribution is -2.42. The molecular formula is C13H16N4O3S. The first-order chi connectivity index (χ1) is 10.0. The molecule has 3 rings (SSSR count). The zero-order valence-corrected chi connectivity index (χ0v) is 12.4. The molecule has 1 aliphatic rings. The Hall–Kier alpha value is -1.93. The number of carbonyl (C=O) groups is 1. The Kier molecular flexibility index (Phi) is 3.42. The molecule has 4 N–H and O–H groups in total. The number of hydrogen-bond acceptors (Lipinski definition) is 5. The molecule has 112 valence electrons. The van der Waals surface area contributed by atoms with Crippen LogP contribution in [0.15, 0.2) is 9.59 Å². The molecule has 0 saturated carbocycles. The minimum absolute atomic E-state index is 0.108. The minimum atomic E-state index is -0.581. The van der Waals surface area contributed by atoms with Gasteiger partial charge in [0.15, 0.2) is 0 Å². The summed E-state index contributed by atoms with van der Waals surface area (Å²) in [5.74, 6) is -0.581. The molecule has 1 fully saturated rings. The maximum Gasteiger partial charge on any atom is 0.329 e. The van der Waals surface area contributed by atoms with Crippen molar-refractivity contribution in [3.63, 3.8) is 0 Å². The minimum Gasteiger partial charge on any atom is -0.365 e. The largest absolute Gasteiger partial charge is 0.365 e. The van der Waals surface area contributed by atoms with Gasteiger partial charge < -0.3 is 11.1 Å². The van der Waals surface area contributed by atoms with Gasteiger partial charge in [-0.15, -0.1) is 11.3 Å². The monoisotopic (exact) mass is 308 g/mol. The first-order valence-electron chi connectivity index (χ1n) is 6.79. The molecule has 0 bridgehead atoms. The topological polar surface area (TPSA) is 110 Å². The molecule has 2 aromatic rings. The average Bonchev–Trinajstić information content (AvgIpc) is 2.77. The van der Waals surface area contributed by atoms with Crippen LogP contribution in [0, 0.1) is 6.92 Å². The van der Waals surface area contributed by atoms with Crippen LogP contribution in [-0.2, 0) is 0 Å². The first kappa shape index (κ1) is 14.0. The fraction of sp³-hybridized carbons (Fsp3) is 0.462.